The van der Waals surface area contributed by atoms with Crippen LogP contribution in [-0.4, -0.2) is 65.5 Å². The number of alkyl halides is 3. The zero-order chi connectivity index (χ0) is 30.7. The van der Waals surface area contributed by atoms with E-state index in [4.69, 9.17) is 0 Å². The molecule has 10 nitrogen and oxygen atoms in total. The molecule has 4 N–H and O–H groups in total. The zero-order valence-corrected chi connectivity index (χ0v) is 23.2. The van der Waals surface area contributed by atoms with Crippen molar-refractivity contribution < 1.29 is 37.1 Å². The molecular formula is C30H32F3N5O5. The van der Waals surface area contributed by atoms with Gasteiger partial charge in [-0.05, 0) is 61.1 Å². The summed E-state index contributed by atoms with van der Waals surface area (Å²) in [6.07, 6.45) is -2.41. The van der Waals surface area contributed by atoms with Crippen LogP contribution in [0.3, 0.4) is 0 Å². The summed E-state index contributed by atoms with van der Waals surface area (Å²) < 4.78 is 38.7. The molecule has 2 heterocycles. The largest absolute Gasteiger partial charge is 0.416 e. The minimum Gasteiger partial charge on any atom is -0.376 e. The molecule has 1 saturated heterocycles. The summed E-state index contributed by atoms with van der Waals surface area (Å²) in [5.41, 5.74) is 1.14. The number of fused-ring (bicyclic) bond motifs is 1. The van der Waals surface area contributed by atoms with E-state index in [1.807, 2.05) is 24.3 Å². The lowest BCUT2D eigenvalue weighted by molar-refractivity contribution is -0.143. The highest BCUT2D eigenvalue weighted by atomic mass is 19.4. The van der Waals surface area contributed by atoms with Crippen molar-refractivity contribution in [1.82, 2.24) is 20.9 Å². The normalized spacial score (nSPS) is 20.4. The third-order valence-corrected chi connectivity index (χ3v) is 7.98. The second-order valence-corrected chi connectivity index (χ2v) is 11.1. The van der Waals surface area contributed by atoms with Crippen LogP contribution in [0.4, 0.5) is 18.9 Å². The van der Waals surface area contributed by atoms with Crippen LogP contribution in [0.25, 0.3) is 0 Å². The maximum absolute atomic E-state index is 13.7. The van der Waals surface area contributed by atoms with Gasteiger partial charge in [0, 0.05) is 37.2 Å². The van der Waals surface area contributed by atoms with Crippen LogP contribution in [-0.2, 0) is 43.1 Å². The smallest absolute Gasteiger partial charge is 0.376 e. The summed E-state index contributed by atoms with van der Waals surface area (Å²) in [6, 6.07) is 9.16. The van der Waals surface area contributed by atoms with Crippen molar-refractivity contribution in [2.24, 2.45) is 5.92 Å². The Hall–Kier alpha value is -4.42. The highest BCUT2D eigenvalue weighted by molar-refractivity contribution is 6.38. The molecule has 0 radical (unpaired) electrons. The van der Waals surface area contributed by atoms with E-state index in [9.17, 15) is 37.1 Å². The monoisotopic (exact) mass is 599 g/mol. The van der Waals surface area contributed by atoms with Gasteiger partial charge in [-0.2, -0.15) is 13.2 Å². The second kappa shape index (κ2) is 12.4. The molecule has 228 valence electrons. The molecule has 2 fully saturated rings. The van der Waals surface area contributed by atoms with E-state index in [0.717, 1.165) is 36.1 Å². The fourth-order valence-corrected chi connectivity index (χ4v) is 5.37. The van der Waals surface area contributed by atoms with Gasteiger partial charge in [-0.15, -0.1) is 0 Å². The highest BCUT2D eigenvalue weighted by Gasteiger charge is 2.40. The molecule has 2 aliphatic heterocycles. The molecular weight excluding hydrogens is 567 g/mol. The molecule has 3 aliphatic rings. The van der Waals surface area contributed by atoms with E-state index in [1.165, 1.54) is 17.0 Å². The number of carbonyl (C=O) groups excluding carboxylic acids is 5. The van der Waals surface area contributed by atoms with Crippen molar-refractivity contribution in [3.05, 3.63) is 65.2 Å². The Morgan fingerprint density at radius 3 is 2.30 bits per heavy atom. The lowest BCUT2D eigenvalue weighted by atomic mass is 9.91. The Kier molecular flexibility index (Phi) is 8.69. The van der Waals surface area contributed by atoms with E-state index in [-0.39, 0.29) is 37.9 Å². The summed E-state index contributed by atoms with van der Waals surface area (Å²) in [6.45, 7) is 0.222. The van der Waals surface area contributed by atoms with Crippen LogP contribution in [0.5, 0.6) is 0 Å². The summed E-state index contributed by atoms with van der Waals surface area (Å²) >= 11 is 0. The first-order valence-electron chi connectivity index (χ1n) is 14.2. The molecule has 5 rings (SSSR count). The third-order valence-electron chi connectivity index (χ3n) is 7.98. The maximum Gasteiger partial charge on any atom is 0.416 e. The van der Waals surface area contributed by atoms with Crippen LogP contribution >= 0.6 is 0 Å². The van der Waals surface area contributed by atoms with Crippen LogP contribution in [0.15, 0.2) is 48.5 Å². The minimum atomic E-state index is -4.49. The van der Waals surface area contributed by atoms with Crippen molar-refractivity contribution in [3.8, 4) is 0 Å². The number of hydrogen-bond donors (Lipinski definition) is 4. The van der Waals surface area contributed by atoms with Gasteiger partial charge < -0.3 is 26.2 Å². The Morgan fingerprint density at radius 1 is 0.977 bits per heavy atom. The summed E-state index contributed by atoms with van der Waals surface area (Å²) in [7, 11) is 0. The number of halogens is 3. The molecule has 4 amide bonds. The SMILES string of the molecule is O=C(NC1CC1)C(=O)[C@H](C[C@@H]1CCNC1=O)NC(=O)[C@@H]1Cc2ccccc2CN1C(=O)CNc1ccc(C(F)(F)F)cc1. The van der Waals surface area contributed by atoms with Gasteiger partial charge in [-0.1, -0.05) is 24.3 Å². The van der Waals surface area contributed by atoms with Gasteiger partial charge in [-0.3, -0.25) is 24.0 Å². The topological polar surface area (TPSA) is 137 Å². The van der Waals surface area contributed by atoms with Crippen molar-refractivity contribution in [3.63, 3.8) is 0 Å². The summed E-state index contributed by atoms with van der Waals surface area (Å²) in [5.74, 6) is -3.62. The fourth-order valence-electron chi connectivity index (χ4n) is 5.37. The number of carbonyl (C=O) groups is 5. The lowest BCUT2D eigenvalue weighted by Gasteiger charge is -2.37. The Labute approximate surface area is 245 Å². The Balaban J connectivity index is 1.32. The first-order chi connectivity index (χ1) is 20.5. The van der Waals surface area contributed by atoms with Gasteiger partial charge in [0.05, 0.1) is 18.2 Å². The van der Waals surface area contributed by atoms with Gasteiger partial charge in [0.15, 0.2) is 0 Å². The first kappa shape index (κ1) is 30.1. The van der Waals surface area contributed by atoms with Crippen molar-refractivity contribution in [2.75, 3.05) is 18.4 Å². The Bertz CT molecular complexity index is 1410. The van der Waals surface area contributed by atoms with Gasteiger partial charge in [0.1, 0.15) is 6.04 Å². The molecule has 0 spiro atoms. The predicted octanol–water partition coefficient (Wildman–Crippen LogP) is 1.93. The molecule has 43 heavy (non-hydrogen) atoms. The average Bonchev–Trinajstić information content (AvgIpc) is 3.72. The number of ketones is 1. The molecule has 0 unspecified atom stereocenters. The molecule has 0 bridgehead atoms. The lowest BCUT2D eigenvalue weighted by Crippen LogP contribution is -2.58. The second-order valence-electron chi connectivity index (χ2n) is 11.1. The molecule has 1 saturated carbocycles. The number of benzene rings is 2. The molecule has 2 aromatic rings. The molecule has 1 aliphatic carbocycles. The van der Waals surface area contributed by atoms with E-state index in [2.05, 4.69) is 21.3 Å². The van der Waals surface area contributed by atoms with Gasteiger partial charge >= 0.3 is 6.18 Å². The number of hydrogen-bond acceptors (Lipinski definition) is 6. The third kappa shape index (κ3) is 7.33. The maximum atomic E-state index is 13.7. The van der Waals surface area contributed by atoms with Crippen molar-refractivity contribution in [2.45, 2.75) is 63.0 Å². The number of Topliss-reactive ketones (excluding diaryl/α,β-unsaturated/α-hetero) is 1. The molecule has 13 heteroatoms. The van der Waals surface area contributed by atoms with E-state index < -0.39 is 53.2 Å². The number of amides is 4. The predicted molar refractivity (Wildman–Crippen MR) is 148 cm³/mol. The van der Waals surface area contributed by atoms with E-state index in [1.54, 1.807) is 0 Å². The molecule has 2 aromatic carbocycles. The first-order valence-corrected chi connectivity index (χ1v) is 14.2. The van der Waals surface area contributed by atoms with Crippen molar-refractivity contribution >= 4 is 35.1 Å². The minimum absolute atomic E-state index is 0.0543. The van der Waals surface area contributed by atoms with Crippen LogP contribution in [0, 0.1) is 5.92 Å². The Morgan fingerprint density at radius 2 is 1.67 bits per heavy atom. The zero-order valence-electron chi connectivity index (χ0n) is 23.2. The average molecular weight is 600 g/mol. The van der Waals surface area contributed by atoms with Gasteiger partial charge in [0.2, 0.25) is 23.5 Å². The number of anilines is 1. The summed E-state index contributed by atoms with van der Waals surface area (Å²) in [4.78, 5) is 66.6. The number of nitrogens with zero attached hydrogens (tertiary/aromatic N) is 1. The number of rotatable bonds is 10. The van der Waals surface area contributed by atoms with Gasteiger partial charge in [0.25, 0.3) is 5.91 Å². The highest BCUT2D eigenvalue weighted by Crippen LogP contribution is 2.30. The summed E-state index contributed by atoms with van der Waals surface area (Å²) in [5, 5.41) is 10.8. The fraction of sp³-hybridized carbons (Fsp3) is 0.433. The standard InChI is InChI=1S/C30H32F3N5O5/c31-30(32,33)20-5-7-21(8-6-20)35-15-25(39)38-16-19-4-2-1-3-17(19)14-24(38)28(42)37-23(13-18-11-12-34-27(18)41)26(40)29(43)36-22-9-10-22/h1-8,18,22-24,35H,9-16H2,(H,34,41)(H,36,43)(H,37,42)/t18-,23-,24-/m0/s1. The quantitative estimate of drug-likeness (QED) is 0.308. The van der Waals surface area contributed by atoms with Crippen molar-refractivity contribution in [1.29, 1.82) is 0 Å². The molecule has 0 aromatic heterocycles. The van der Waals surface area contributed by atoms with Crippen LogP contribution < -0.4 is 21.3 Å². The molecule has 3 atom stereocenters. The van der Waals surface area contributed by atoms with Gasteiger partial charge in [-0.25, -0.2) is 0 Å². The van der Waals surface area contributed by atoms with Crippen LogP contribution in [0.1, 0.15) is 42.4 Å². The van der Waals surface area contributed by atoms with E-state index >= 15 is 0 Å². The van der Waals surface area contributed by atoms with Crippen LogP contribution in [0.2, 0.25) is 0 Å². The van der Waals surface area contributed by atoms with E-state index in [0.29, 0.717) is 18.7 Å². The number of nitrogens with one attached hydrogen (secondary N) is 4.